The molecule has 5 aliphatic rings. The molecule has 1 unspecified atom stereocenters. The number of hydrogen-bond acceptors (Lipinski definition) is 27. The summed E-state index contributed by atoms with van der Waals surface area (Å²) >= 11 is 38.2. The van der Waals surface area contributed by atoms with Crippen LogP contribution in [0.3, 0.4) is 0 Å². The van der Waals surface area contributed by atoms with Gasteiger partial charge >= 0.3 is 18.0 Å². The first kappa shape index (κ1) is 85.7. The molecule has 0 saturated carbocycles. The second-order valence-corrected chi connectivity index (χ2v) is 31.4. The van der Waals surface area contributed by atoms with Crippen LogP contribution >= 0.6 is 69.6 Å². The number of nitrogens with one attached hydrogen (secondary N) is 3. The van der Waals surface area contributed by atoms with Gasteiger partial charge in [-0.25, -0.2) is 17.6 Å². The summed E-state index contributed by atoms with van der Waals surface area (Å²) in [4.78, 5) is 92.4. The molecule has 9 aromatic heterocycles. The number of hydrogen-bond donors (Lipinski definition) is 3. The van der Waals surface area contributed by atoms with Gasteiger partial charge in [0.15, 0.2) is 22.9 Å². The average Bonchev–Trinajstić information content (AvgIpc) is 0.905. The standard InChI is InChI=1S/C28H28Cl2F2N8O3.C27H27Cl2FN8O4.C24H22Cl2FN7O3/c1-3-21(41)39-7-9-40(10-8-39)25-16-11-20(29)34-26(43-24-17-13-33-37-19(17)12-18(31)22(24)30)23(16)35-27(36-25)42-15-28(32)5-4-6-38(2)14-28;1-4-21(39)37-5-7-38(8-6-37)25-14-9-20(28)32-26(42-24-15-11-31-35-17(15)10-16(30)22(24)29)23(14)33-27(34-25)41-19-13-36(2)12-18(19)40-3;1-3-9-36-24-30-20-13(22(31-24)34-7-5-33(6-8-34)18(35)4-2)10-17(25)29-23(20)37-21-14-12-28-32-16(14)11-15(27)19(21)26/h3,11-13H,1,4-10,14-15H2,2H3,(H,33,37);4,9-11,18-19H,1,5-8,12-13H2,2-3H3,(H,31,35);4,10-12H,2-3,5-9H2,1H3,(H,28,32)/t28-;18-,19?;/m01./s1. The number of halogens is 10. The Labute approximate surface area is 722 Å². The number of aromatic amines is 3. The summed E-state index contributed by atoms with van der Waals surface area (Å²) in [5.41, 5.74) is 0.350. The van der Waals surface area contributed by atoms with Crippen LogP contribution in [0.4, 0.5) is 35.0 Å². The minimum absolute atomic E-state index is 0.00275. The molecule has 5 aliphatic heterocycles. The third-order valence-electron chi connectivity index (χ3n) is 20.9. The Morgan fingerprint density at radius 2 is 0.844 bits per heavy atom. The first-order valence-corrected chi connectivity index (χ1v) is 40.7. The highest BCUT2D eigenvalue weighted by atomic mass is 35.5. The van der Waals surface area contributed by atoms with Crippen LogP contribution in [0.1, 0.15) is 26.2 Å². The molecular formula is C79H77Cl6F4N23O10. The summed E-state index contributed by atoms with van der Waals surface area (Å²) < 4.78 is 101. The summed E-state index contributed by atoms with van der Waals surface area (Å²) in [5.74, 6) is -1.13. The Hall–Kier alpha value is -11.3. The van der Waals surface area contributed by atoms with E-state index in [0.717, 1.165) is 13.0 Å². The topological polar surface area (TPSA) is 344 Å². The third-order valence-corrected chi connectivity index (χ3v) is 22.5. The minimum Gasteiger partial charge on any atom is -0.463 e. The Bertz CT molecular complexity index is 6040. The van der Waals surface area contributed by atoms with Gasteiger partial charge in [-0.2, -0.15) is 60.2 Å². The maximum absolute atomic E-state index is 15.7. The van der Waals surface area contributed by atoms with Crippen molar-refractivity contribution in [1.82, 2.24) is 99.9 Å². The molecule has 12 aromatic rings. The SMILES string of the molecule is C=CC(=O)N1CCN(c2nc(OC3CN(C)C[C@H]3OC)nc3c(Oc4c(Cl)c(F)cc5[nH]ncc45)nc(Cl)cc23)CC1.C=CC(=O)N1CCN(c2nc(OCCC)nc3c(Oc4c(Cl)c(F)cc5[nH]ncc45)nc(Cl)cc23)CC1.C=CC(=O)N1CCN(c2nc(OC[C@]3(F)CCCN(C)C3)nc3c(Oc4c(Cl)c(F)cc5[nH]ncc45)nc(Cl)cc23)CC1. The van der Waals surface area contributed by atoms with E-state index in [1.54, 1.807) is 40.0 Å². The molecule has 33 nitrogen and oxygen atoms in total. The largest absolute Gasteiger partial charge is 0.463 e. The number of H-pyrrole nitrogens is 3. The highest BCUT2D eigenvalue weighted by molar-refractivity contribution is 6.35. The van der Waals surface area contributed by atoms with Gasteiger partial charge < -0.3 is 67.5 Å². The van der Waals surface area contributed by atoms with Gasteiger partial charge in [0.05, 0.1) is 74.1 Å². The summed E-state index contributed by atoms with van der Waals surface area (Å²) in [7, 11) is 5.47. The molecule has 5 fully saturated rings. The van der Waals surface area contributed by atoms with E-state index in [1.807, 2.05) is 40.6 Å². The molecule has 638 valence electrons. The lowest BCUT2D eigenvalue weighted by Crippen LogP contribution is -2.48. The second-order valence-electron chi connectivity index (χ2n) is 29.1. The first-order chi connectivity index (χ1) is 58.8. The van der Waals surface area contributed by atoms with E-state index >= 15 is 4.39 Å². The normalized spacial score (nSPS) is 17.9. The zero-order valence-electron chi connectivity index (χ0n) is 65.9. The predicted molar refractivity (Wildman–Crippen MR) is 452 cm³/mol. The molecule has 122 heavy (non-hydrogen) atoms. The van der Waals surface area contributed by atoms with Crippen LogP contribution < -0.4 is 43.1 Å². The van der Waals surface area contributed by atoms with Crippen LogP contribution in [0.5, 0.6) is 52.9 Å². The van der Waals surface area contributed by atoms with Crippen LogP contribution in [0.2, 0.25) is 30.5 Å². The lowest BCUT2D eigenvalue weighted by atomic mass is 9.96. The third kappa shape index (κ3) is 18.3. The zero-order chi connectivity index (χ0) is 85.9. The summed E-state index contributed by atoms with van der Waals surface area (Å²) in [6.45, 7) is 20.8. The molecule has 43 heteroatoms. The van der Waals surface area contributed by atoms with Crippen molar-refractivity contribution in [3.8, 4) is 52.9 Å². The number of nitrogens with zero attached hydrogens (tertiary/aromatic N) is 20. The number of likely N-dealkylation sites (tertiary alicyclic amines) is 2. The van der Waals surface area contributed by atoms with E-state index < -0.39 is 23.1 Å². The van der Waals surface area contributed by atoms with Gasteiger partial charge in [-0.1, -0.05) is 96.3 Å². The lowest BCUT2D eigenvalue weighted by Gasteiger charge is -2.36. The number of carbonyl (C=O) groups is 3. The van der Waals surface area contributed by atoms with Crippen molar-refractivity contribution in [1.29, 1.82) is 0 Å². The van der Waals surface area contributed by atoms with Gasteiger partial charge in [0.25, 0.3) is 0 Å². The van der Waals surface area contributed by atoms with E-state index in [-0.39, 0.29) is 138 Å². The van der Waals surface area contributed by atoms with E-state index in [2.05, 4.69) is 95.1 Å². The van der Waals surface area contributed by atoms with E-state index in [9.17, 15) is 27.6 Å². The average molecular weight is 1800 g/mol. The molecule has 14 heterocycles. The van der Waals surface area contributed by atoms with Crippen molar-refractivity contribution in [3.05, 3.63) is 141 Å². The monoisotopic (exact) mass is 1790 g/mol. The van der Waals surface area contributed by atoms with Gasteiger partial charge in [0.1, 0.15) is 101 Å². The second kappa shape index (κ2) is 36.8. The predicted octanol–water partition coefficient (Wildman–Crippen LogP) is 13.2. The minimum atomic E-state index is -1.58. The van der Waals surface area contributed by atoms with Crippen LogP contribution in [0.25, 0.3) is 65.4 Å². The molecule has 17 rings (SSSR count). The number of pyridine rings is 3. The summed E-state index contributed by atoms with van der Waals surface area (Å²) in [6.07, 6.45) is 9.55. The van der Waals surface area contributed by atoms with Gasteiger partial charge in [-0.15, -0.1) is 0 Å². The number of ether oxygens (including phenoxy) is 7. The van der Waals surface area contributed by atoms with Crippen molar-refractivity contribution in [2.75, 3.05) is 154 Å². The van der Waals surface area contributed by atoms with E-state index in [1.165, 1.54) is 55.0 Å². The lowest BCUT2D eigenvalue weighted by molar-refractivity contribution is -0.127. The quantitative estimate of drug-likeness (QED) is 0.0342. The number of fused-ring (bicyclic) bond motifs is 6. The summed E-state index contributed by atoms with van der Waals surface area (Å²) in [6, 6.07) is 8.63. The Kier molecular flexibility index (Phi) is 25.8. The van der Waals surface area contributed by atoms with Gasteiger partial charge in [-0.3, -0.25) is 34.6 Å². The Morgan fingerprint density at radius 3 is 1.20 bits per heavy atom. The summed E-state index contributed by atoms with van der Waals surface area (Å²) in [5, 5.41) is 22.4. The number of amides is 3. The fraction of sp³-hybridized carbons (Fsp3) is 0.354. The Balaban J connectivity index is 0.000000143. The van der Waals surface area contributed by atoms with E-state index in [0.29, 0.717) is 183 Å². The molecule has 0 aliphatic carbocycles. The molecule has 0 spiro atoms. The molecule has 3 amide bonds. The van der Waals surface area contributed by atoms with Crippen molar-refractivity contribution in [2.24, 2.45) is 0 Å². The molecule has 3 N–H and O–H groups in total. The highest BCUT2D eigenvalue weighted by Gasteiger charge is 2.38. The molecule has 0 bridgehead atoms. The van der Waals surface area contributed by atoms with Gasteiger partial charge in [0, 0.05) is 123 Å². The number of methoxy groups -OCH3 is 1. The molecular weight excluding hydrogens is 1720 g/mol. The number of piperazine rings is 3. The number of benzene rings is 3. The number of aromatic nitrogens is 15. The number of anilines is 3. The van der Waals surface area contributed by atoms with Gasteiger partial charge in [-0.05, 0) is 76.3 Å². The first-order valence-electron chi connectivity index (χ1n) is 38.4. The maximum Gasteiger partial charge on any atom is 0.319 e. The van der Waals surface area contributed by atoms with Crippen molar-refractivity contribution >= 4 is 170 Å². The zero-order valence-corrected chi connectivity index (χ0v) is 70.4. The number of likely N-dealkylation sites (N-methyl/N-ethyl adjacent to an activating group) is 1. The van der Waals surface area contributed by atoms with Gasteiger partial charge in [0.2, 0.25) is 35.4 Å². The van der Waals surface area contributed by atoms with Crippen LogP contribution in [0, 0.1) is 17.5 Å². The number of rotatable bonds is 21. The highest BCUT2D eigenvalue weighted by Crippen LogP contribution is 2.46. The fourth-order valence-corrected chi connectivity index (χ4v) is 16.0. The van der Waals surface area contributed by atoms with Crippen LogP contribution in [0.15, 0.2) is 93.0 Å². The van der Waals surface area contributed by atoms with Crippen molar-refractivity contribution in [3.63, 3.8) is 0 Å². The van der Waals surface area contributed by atoms with Crippen LogP contribution in [-0.4, -0.2) is 275 Å². The van der Waals surface area contributed by atoms with Crippen LogP contribution in [-0.2, 0) is 19.1 Å². The fourth-order valence-electron chi connectivity index (χ4n) is 14.8. The van der Waals surface area contributed by atoms with E-state index in [4.69, 9.17) is 108 Å². The van der Waals surface area contributed by atoms with Crippen molar-refractivity contribution in [2.45, 2.75) is 44.1 Å². The number of carbonyl (C=O) groups excluding carboxylic acids is 3. The Morgan fingerprint density at radius 1 is 0.484 bits per heavy atom. The number of piperidine rings is 1. The molecule has 0 radical (unpaired) electrons. The van der Waals surface area contributed by atoms with Crippen molar-refractivity contribution < 1.29 is 65.1 Å². The maximum atomic E-state index is 15.7. The molecule has 3 aromatic carbocycles. The number of alkyl halides is 1. The smallest absolute Gasteiger partial charge is 0.319 e. The molecule has 5 saturated heterocycles. The molecule has 3 atom stereocenters.